The van der Waals surface area contributed by atoms with Gasteiger partial charge < -0.3 is 29.4 Å². The average Bonchev–Trinajstić information content (AvgIpc) is 3.32. The summed E-state index contributed by atoms with van der Waals surface area (Å²) in [5.74, 6) is -2.87. The first-order valence-corrected chi connectivity index (χ1v) is 13.6. The third-order valence-corrected chi connectivity index (χ3v) is 6.22. The molecule has 1 heterocycles. The van der Waals surface area contributed by atoms with Gasteiger partial charge in [-0.2, -0.15) is 0 Å². The lowest BCUT2D eigenvalue weighted by Crippen LogP contribution is -2.43. The van der Waals surface area contributed by atoms with Crippen LogP contribution in [0.1, 0.15) is 51.8 Å². The Balaban J connectivity index is 1.67. The zero-order valence-electron chi connectivity index (χ0n) is 24.0. The minimum Gasteiger partial charge on any atom is -0.459 e. The first-order chi connectivity index (χ1) is 20.5. The summed E-state index contributed by atoms with van der Waals surface area (Å²) in [6, 6.07) is 24.6. The van der Waals surface area contributed by atoms with Crippen LogP contribution in [0.25, 0.3) is 0 Å². The van der Waals surface area contributed by atoms with Gasteiger partial charge in [0.15, 0.2) is 12.2 Å². The zero-order chi connectivity index (χ0) is 31.0. The van der Waals surface area contributed by atoms with E-state index in [1.54, 1.807) is 112 Å². The summed E-state index contributed by atoms with van der Waals surface area (Å²) >= 11 is 0. The Kier molecular flexibility index (Phi) is 9.95. The van der Waals surface area contributed by atoms with Crippen LogP contribution in [0, 0.1) is 0 Å². The molecule has 0 saturated carbocycles. The summed E-state index contributed by atoms with van der Waals surface area (Å²) in [7, 11) is 0. The fourth-order valence-corrected chi connectivity index (χ4v) is 4.30. The molecular formula is C33H33NO9. The molecule has 0 aliphatic carbocycles. The van der Waals surface area contributed by atoms with Gasteiger partial charge in [0.2, 0.25) is 0 Å². The van der Waals surface area contributed by atoms with Crippen LogP contribution >= 0.6 is 0 Å². The third-order valence-electron chi connectivity index (χ3n) is 6.22. The fourth-order valence-electron chi connectivity index (χ4n) is 4.30. The molecule has 3 aromatic carbocycles. The molecule has 3 aromatic rings. The number of nitrogens with two attached hydrogens (primary N) is 1. The maximum atomic E-state index is 13.2. The summed E-state index contributed by atoms with van der Waals surface area (Å²) < 4.78 is 28.6. The lowest BCUT2D eigenvalue weighted by Gasteiger charge is -2.25. The highest BCUT2D eigenvalue weighted by atomic mass is 16.7. The van der Waals surface area contributed by atoms with Gasteiger partial charge in [-0.1, -0.05) is 54.6 Å². The molecule has 1 fully saturated rings. The molecule has 0 unspecified atom stereocenters. The normalized spacial score (nSPS) is 20.1. The van der Waals surface area contributed by atoms with Crippen molar-refractivity contribution in [3.8, 4) is 0 Å². The van der Waals surface area contributed by atoms with Crippen LogP contribution in [0.5, 0.6) is 0 Å². The van der Waals surface area contributed by atoms with Gasteiger partial charge >= 0.3 is 23.9 Å². The predicted molar refractivity (Wildman–Crippen MR) is 155 cm³/mol. The average molecular weight is 588 g/mol. The molecule has 1 saturated heterocycles. The monoisotopic (exact) mass is 587 g/mol. The van der Waals surface area contributed by atoms with E-state index >= 15 is 0 Å². The van der Waals surface area contributed by atoms with Crippen LogP contribution in [-0.4, -0.2) is 60.5 Å². The molecule has 0 amide bonds. The topological polar surface area (TPSA) is 140 Å². The van der Waals surface area contributed by atoms with E-state index in [9.17, 15) is 19.2 Å². The summed E-state index contributed by atoms with van der Waals surface area (Å²) in [6.45, 7) is 4.71. The number of carbonyl (C=O) groups is 4. The van der Waals surface area contributed by atoms with Crippen molar-refractivity contribution in [1.29, 1.82) is 0 Å². The quantitative estimate of drug-likeness (QED) is 0.219. The van der Waals surface area contributed by atoms with Crippen LogP contribution in [0.2, 0.25) is 0 Å². The number of hydrogen-bond donors (Lipinski definition) is 1. The SMILES string of the molecule is CC(C)(C)OC(=O)/C=C(/N)[C@@H]1O[C@H](COC(=O)c2ccccc2)[C@@H](OC(=O)c2ccccc2)[C@H]1OC(=O)c1ccccc1. The van der Waals surface area contributed by atoms with Gasteiger partial charge in [-0.15, -0.1) is 0 Å². The Hall–Kier alpha value is -4.96. The number of hydrogen-bond acceptors (Lipinski definition) is 10. The third kappa shape index (κ3) is 8.52. The summed E-state index contributed by atoms with van der Waals surface area (Å²) in [6.07, 6.45) is -3.95. The molecule has 2 N–H and O–H groups in total. The van der Waals surface area contributed by atoms with Crippen LogP contribution in [-0.2, 0) is 28.5 Å². The van der Waals surface area contributed by atoms with Crippen molar-refractivity contribution < 1.29 is 42.9 Å². The highest BCUT2D eigenvalue weighted by molar-refractivity contribution is 5.91. The Labute approximate surface area is 249 Å². The largest absolute Gasteiger partial charge is 0.459 e. The van der Waals surface area contributed by atoms with Crippen molar-refractivity contribution in [2.24, 2.45) is 5.73 Å². The molecule has 4 rings (SSSR count). The first-order valence-electron chi connectivity index (χ1n) is 13.6. The smallest absolute Gasteiger partial charge is 0.338 e. The second-order valence-electron chi connectivity index (χ2n) is 10.7. The van der Waals surface area contributed by atoms with E-state index in [0.717, 1.165) is 6.08 Å². The number of ether oxygens (including phenoxy) is 5. The number of carbonyl (C=O) groups excluding carboxylic acids is 4. The number of rotatable bonds is 9. The molecule has 0 radical (unpaired) electrons. The van der Waals surface area contributed by atoms with E-state index < -0.39 is 53.9 Å². The van der Waals surface area contributed by atoms with Gasteiger partial charge in [-0.05, 0) is 57.2 Å². The second kappa shape index (κ2) is 13.8. The van der Waals surface area contributed by atoms with E-state index in [2.05, 4.69) is 0 Å². The van der Waals surface area contributed by atoms with Gasteiger partial charge in [0.05, 0.1) is 16.7 Å². The van der Waals surface area contributed by atoms with Gasteiger partial charge in [0.1, 0.15) is 24.4 Å². The van der Waals surface area contributed by atoms with Crippen molar-refractivity contribution in [2.75, 3.05) is 6.61 Å². The summed E-state index contributed by atoms with van der Waals surface area (Å²) in [4.78, 5) is 51.7. The highest BCUT2D eigenvalue weighted by Crippen LogP contribution is 2.32. The van der Waals surface area contributed by atoms with Crippen molar-refractivity contribution in [2.45, 2.75) is 50.8 Å². The molecule has 43 heavy (non-hydrogen) atoms. The Morgan fingerprint density at radius 1 is 0.721 bits per heavy atom. The molecule has 4 atom stereocenters. The van der Waals surface area contributed by atoms with Crippen molar-refractivity contribution in [1.82, 2.24) is 0 Å². The predicted octanol–water partition coefficient (Wildman–Crippen LogP) is 4.25. The molecule has 10 nitrogen and oxygen atoms in total. The van der Waals surface area contributed by atoms with E-state index in [1.807, 2.05) is 0 Å². The molecular weight excluding hydrogens is 554 g/mol. The molecule has 0 bridgehead atoms. The summed E-state index contributed by atoms with van der Waals surface area (Å²) in [5.41, 5.74) is 6.13. The van der Waals surface area contributed by atoms with E-state index in [4.69, 9.17) is 29.4 Å². The van der Waals surface area contributed by atoms with Crippen molar-refractivity contribution >= 4 is 23.9 Å². The lowest BCUT2D eigenvalue weighted by molar-refractivity contribution is -0.148. The molecule has 1 aliphatic heterocycles. The van der Waals surface area contributed by atoms with Crippen LogP contribution in [0.3, 0.4) is 0 Å². The van der Waals surface area contributed by atoms with Crippen molar-refractivity contribution in [3.63, 3.8) is 0 Å². The minimum atomic E-state index is -1.32. The van der Waals surface area contributed by atoms with Crippen LogP contribution < -0.4 is 5.73 Å². The van der Waals surface area contributed by atoms with Gasteiger partial charge in [-0.25, -0.2) is 19.2 Å². The first kappa shape index (κ1) is 31.0. The highest BCUT2D eigenvalue weighted by Gasteiger charge is 2.51. The maximum Gasteiger partial charge on any atom is 0.338 e. The van der Waals surface area contributed by atoms with E-state index in [-0.39, 0.29) is 23.4 Å². The number of benzene rings is 3. The van der Waals surface area contributed by atoms with E-state index in [1.165, 1.54) is 0 Å². The summed E-state index contributed by atoms with van der Waals surface area (Å²) in [5, 5.41) is 0. The maximum absolute atomic E-state index is 13.2. The molecule has 10 heteroatoms. The molecule has 0 aromatic heterocycles. The van der Waals surface area contributed by atoms with Crippen LogP contribution in [0.4, 0.5) is 0 Å². The number of esters is 4. The Bertz CT molecular complexity index is 1450. The fraction of sp³-hybridized carbons (Fsp3) is 0.273. The van der Waals surface area contributed by atoms with Crippen LogP contribution in [0.15, 0.2) is 103 Å². The van der Waals surface area contributed by atoms with Gasteiger partial charge in [0, 0.05) is 11.8 Å². The van der Waals surface area contributed by atoms with E-state index in [0.29, 0.717) is 5.56 Å². The lowest BCUT2D eigenvalue weighted by atomic mass is 10.0. The zero-order valence-corrected chi connectivity index (χ0v) is 24.0. The van der Waals surface area contributed by atoms with Gasteiger partial charge in [0.25, 0.3) is 0 Å². The Morgan fingerprint density at radius 3 is 1.63 bits per heavy atom. The molecule has 0 spiro atoms. The molecule has 224 valence electrons. The standard InChI is InChI=1S/C33H33NO9/c1-33(2,3)43-26(35)19-24(34)27-29(42-32(38)23-17-11-6-12-18-23)28(41-31(37)22-15-9-5-10-16-22)25(40-27)20-39-30(36)21-13-7-4-8-14-21/h4-19,25,27-29H,20,34H2,1-3H3/b24-19+/t25-,27+,28-,29+/m1/s1. The minimum absolute atomic E-state index is 0.141. The second-order valence-corrected chi connectivity index (χ2v) is 10.7. The Morgan fingerprint density at radius 2 is 1.16 bits per heavy atom. The molecule has 1 aliphatic rings. The van der Waals surface area contributed by atoms with Gasteiger partial charge in [-0.3, -0.25) is 0 Å². The van der Waals surface area contributed by atoms with Crippen molar-refractivity contribution in [3.05, 3.63) is 119 Å².